The predicted octanol–water partition coefficient (Wildman–Crippen LogP) is 2.10. The molecule has 0 aliphatic rings. The third-order valence-electron chi connectivity index (χ3n) is 3.04. The maximum Gasteiger partial charge on any atom is 0.123 e. The molecule has 0 radical (unpaired) electrons. The van der Waals surface area contributed by atoms with E-state index in [0.717, 1.165) is 17.7 Å². The van der Waals surface area contributed by atoms with Crippen molar-refractivity contribution in [2.75, 3.05) is 0 Å². The molecule has 0 fully saturated rings. The van der Waals surface area contributed by atoms with E-state index >= 15 is 0 Å². The molecule has 0 saturated carbocycles. The van der Waals surface area contributed by atoms with Crippen LogP contribution in [0, 0.1) is 5.82 Å². The normalized spacial score (nSPS) is 12.6. The molecule has 0 spiro atoms. The van der Waals surface area contributed by atoms with E-state index in [-0.39, 0.29) is 5.82 Å². The number of halogens is 1. The summed E-state index contributed by atoms with van der Waals surface area (Å²) in [5.41, 5.74) is 2.06. The molecular formula is C14H17FN2O. The number of aliphatic hydroxyl groups excluding tert-OH is 1. The third-order valence-corrected chi connectivity index (χ3v) is 3.04. The number of hydrogen-bond donors (Lipinski definition) is 1. The predicted molar refractivity (Wildman–Crippen MR) is 67.6 cm³/mol. The number of rotatable bonds is 5. The van der Waals surface area contributed by atoms with Crippen molar-refractivity contribution in [3.8, 4) is 0 Å². The zero-order valence-electron chi connectivity index (χ0n) is 10.4. The summed E-state index contributed by atoms with van der Waals surface area (Å²) in [6.45, 7) is 0. The van der Waals surface area contributed by atoms with Gasteiger partial charge in [0.1, 0.15) is 5.82 Å². The largest absolute Gasteiger partial charge is 0.393 e. The second-order valence-corrected chi connectivity index (χ2v) is 4.47. The van der Waals surface area contributed by atoms with Crippen LogP contribution in [0.5, 0.6) is 0 Å². The lowest BCUT2D eigenvalue weighted by Gasteiger charge is -2.10. The highest BCUT2D eigenvalue weighted by Crippen LogP contribution is 2.10. The molecule has 2 rings (SSSR count). The summed E-state index contributed by atoms with van der Waals surface area (Å²) >= 11 is 0. The highest BCUT2D eigenvalue weighted by Gasteiger charge is 2.07. The van der Waals surface area contributed by atoms with Crippen LogP contribution in [0.1, 0.15) is 17.7 Å². The molecule has 0 aliphatic heterocycles. The zero-order chi connectivity index (χ0) is 13.0. The van der Waals surface area contributed by atoms with Gasteiger partial charge < -0.3 is 5.11 Å². The molecule has 96 valence electrons. The highest BCUT2D eigenvalue weighted by atomic mass is 19.1. The van der Waals surface area contributed by atoms with Crippen molar-refractivity contribution in [1.82, 2.24) is 9.78 Å². The molecule has 1 unspecified atom stereocenters. The topological polar surface area (TPSA) is 38.0 Å². The summed E-state index contributed by atoms with van der Waals surface area (Å²) < 4.78 is 14.5. The van der Waals surface area contributed by atoms with Gasteiger partial charge in [0.25, 0.3) is 0 Å². The Balaban J connectivity index is 1.83. The quantitative estimate of drug-likeness (QED) is 0.880. The van der Waals surface area contributed by atoms with Crippen LogP contribution in [0.25, 0.3) is 0 Å². The number of hydrogen-bond acceptors (Lipinski definition) is 2. The van der Waals surface area contributed by atoms with E-state index in [1.165, 1.54) is 12.1 Å². The van der Waals surface area contributed by atoms with Crippen molar-refractivity contribution in [2.45, 2.75) is 25.4 Å². The van der Waals surface area contributed by atoms with Crippen LogP contribution in [0.4, 0.5) is 4.39 Å². The molecular weight excluding hydrogens is 231 g/mol. The Labute approximate surface area is 106 Å². The van der Waals surface area contributed by atoms with Crippen molar-refractivity contribution >= 4 is 0 Å². The number of aromatic nitrogens is 2. The van der Waals surface area contributed by atoms with Crippen LogP contribution >= 0.6 is 0 Å². The second kappa shape index (κ2) is 5.78. The average Bonchev–Trinajstić information content (AvgIpc) is 2.75. The minimum atomic E-state index is -0.412. The van der Waals surface area contributed by atoms with Gasteiger partial charge >= 0.3 is 0 Å². The molecule has 0 saturated heterocycles. The molecule has 1 N–H and O–H groups in total. The monoisotopic (exact) mass is 248 g/mol. The molecule has 3 nitrogen and oxygen atoms in total. The summed E-state index contributed by atoms with van der Waals surface area (Å²) in [7, 11) is 1.89. The lowest BCUT2D eigenvalue weighted by Crippen LogP contribution is -2.12. The summed E-state index contributed by atoms with van der Waals surface area (Å²) in [6, 6.07) is 8.21. The Morgan fingerprint density at radius 3 is 2.61 bits per heavy atom. The van der Waals surface area contributed by atoms with E-state index < -0.39 is 6.10 Å². The molecule has 1 aromatic heterocycles. The van der Waals surface area contributed by atoms with Crippen LogP contribution in [0.15, 0.2) is 36.5 Å². The summed E-state index contributed by atoms with van der Waals surface area (Å²) in [5, 5.41) is 14.0. The van der Waals surface area contributed by atoms with Gasteiger partial charge in [0, 0.05) is 18.9 Å². The number of aryl methyl sites for hydroxylation is 2. The number of nitrogens with zero attached hydrogens (tertiary/aromatic N) is 2. The van der Waals surface area contributed by atoms with Gasteiger partial charge in [-0.25, -0.2) is 4.39 Å². The zero-order valence-corrected chi connectivity index (χ0v) is 10.4. The van der Waals surface area contributed by atoms with Crippen LogP contribution in [0.2, 0.25) is 0 Å². The standard InChI is InChI=1S/C14H17FN2O/c1-17-13(8-9-16-17)6-7-14(18)10-11-2-4-12(15)5-3-11/h2-5,8-9,14,18H,6-7,10H2,1H3. The van der Waals surface area contributed by atoms with E-state index in [2.05, 4.69) is 5.10 Å². The van der Waals surface area contributed by atoms with Crippen LogP contribution in [-0.2, 0) is 19.9 Å². The maximum absolute atomic E-state index is 12.7. The van der Waals surface area contributed by atoms with E-state index in [9.17, 15) is 9.50 Å². The van der Waals surface area contributed by atoms with E-state index in [1.807, 2.05) is 17.8 Å². The van der Waals surface area contributed by atoms with Gasteiger partial charge in [-0.2, -0.15) is 5.10 Å². The molecule has 0 amide bonds. The molecule has 4 heteroatoms. The summed E-state index contributed by atoms with van der Waals surface area (Å²) in [5.74, 6) is -0.247. The maximum atomic E-state index is 12.7. The molecule has 18 heavy (non-hydrogen) atoms. The number of aliphatic hydroxyl groups is 1. The minimum Gasteiger partial charge on any atom is -0.393 e. The summed E-state index contributed by atoms with van der Waals surface area (Å²) in [4.78, 5) is 0. The van der Waals surface area contributed by atoms with Gasteiger partial charge in [-0.15, -0.1) is 0 Å². The van der Waals surface area contributed by atoms with Crippen LogP contribution in [0.3, 0.4) is 0 Å². The van der Waals surface area contributed by atoms with Crippen LogP contribution in [-0.4, -0.2) is 21.0 Å². The Kier molecular flexibility index (Phi) is 4.10. The third kappa shape index (κ3) is 3.40. The average molecular weight is 248 g/mol. The van der Waals surface area contributed by atoms with E-state index in [1.54, 1.807) is 18.3 Å². The van der Waals surface area contributed by atoms with Crippen molar-refractivity contribution in [2.24, 2.45) is 7.05 Å². The van der Waals surface area contributed by atoms with E-state index in [4.69, 9.17) is 0 Å². The minimum absolute atomic E-state index is 0.247. The van der Waals surface area contributed by atoms with Gasteiger partial charge in [-0.05, 0) is 43.0 Å². The molecule has 1 atom stereocenters. The fraction of sp³-hybridized carbons (Fsp3) is 0.357. The van der Waals surface area contributed by atoms with Gasteiger partial charge in [0.2, 0.25) is 0 Å². The first-order chi connectivity index (χ1) is 8.65. The first-order valence-corrected chi connectivity index (χ1v) is 6.04. The van der Waals surface area contributed by atoms with Crippen molar-refractivity contribution in [3.63, 3.8) is 0 Å². The molecule has 0 bridgehead atoms. The molecule has 1 aromatic carbocycles. The van der Waals surface area contributed by atoms with Gasteiger partial charge in [-0.1, -0.05) is 12.1 Å². The number of benzene rings is 1. The van der Waals surface area contributed by atoms with Crippen LogP contribution < -0.4 is 0 Å². The Hall–Kier alpha value is -1.68. The second-order valence-electron chi connectivity index (χ2n) is 4.47. The lowest BCUT2D eigenvalue weighted by atomic mass is 10.0. The molecule has 1 heterocycles. The SMILES string of the molecule is Cn1nccc1CCC(O)Cc1ccc(F)cc1. The van der Waals surface area contributed by atoms with Crippen molar-refractivity contribution in [3.05, 3.63) is 53.6 Å². The van der Waals surface area contributed by atoms with Crippen molar-refractivity contribution < 1.29 is 9.50 Å². The molecule has 0 aliphatic carbocycles. The Morgan fingerprint density at radius 1 is 1.28 bits per heavy atom. The van der Waals surface area contributed by atoms with Gasteiger partial charge in [0.15, 0.2) is 0 Å². The lowest BCUT2D eigenvalue weighted by molar-refractivity contribution is 0.164. The fourth-order valence-electron chi connectivity index (χ4n) is 1.96. The fourth-order valence-corrected chi connectivity index (χ4v) is 1.96. The first-order valence-electron chi connectivity index (χ1n) is 6.04. The molecule has 2 aromatic rings. The van der Waals surface area contributed by atoms with Gasteiger partial charge in [0.05, 0.1) is 6.10 Å². The van der Waals surface area contributed by atoms with Gasteiger partial charge in [-0.3, -0.25) is 4.68 Å². The van der Waals surface area contributed by atoms with Crippen molar-refractivity contribution in [1.29, 1.82) is 0 Å². The Morgan fingerprint density at radius 2 is 2.00 bits per heavy atom. The highest BCUT2D eigenvalue weighted by molar-refractivity contribution is 5.16. The summed E-state index contributed by atoms with van der Waals surface area (Å²) in [6.07, 6.45) is 3.36. The Bertz CT molecular complexity index is 493. The first kappa shape index (κ1) is 12.8. The van der Waals surface area contributed by atoms with E-state index in [0.29, 0.717) is 12.8 Å². The smallest absolute Gasteiger partial charge is 0.123 e.